The number of nitrogen functional groups attached to an aromatic ring is 1. The van der Waals surface area contributed by atoms with E-state index in [0.717, 1.165) is 29.6 Å². The van der Waals surface area contributed by atoms with E-state index < -0.39 is 0 Å². The summed E-state index contributed by atoms with van der Waals surface area (Å²) in [6, 6.07) is 5.76. The summed E-state index contributed by atoms with van der Waals surface area (Å²) in [6.45, 7) is 1.02. The van der Waals surface area contributed by atoms with Crippen molar-refractivity contribution in [2.45, 2.75) is 6.42 Å². The minimum absolute atomic E-state index is 0.787. The standard InChI is InChI=1S/C12H16N2O/c1-14(2)6-5-9-8-15-12-4-3-10(13)7-11(9)12/h3-4,7-8H,5-6,13H2,1-2H3. The highest BCUT2D eigenvalue weighted by Crippen LogP contribution is 2.23. The SMILES string of the molecule is CN(C)CCc1coc2ccc(N)cc12. The summed E-state index contributed by atoms with van der Waals surface area (Å²) >= 11 is 0. The van der Waals surface area contributed by atoms with Gasteiger partial charge in [-0.2, -0.15) is 0 Å². The van der Waals surface area contributed by atoms with Crippen LogP contribution in [0.2, 0.25) is 0 Å². The third kappa shape index (κ3) is 2.13. The van der Waals surface area contributed by atoms with Crippen LogP contribution in [-0.2, 0) is 6.42 Å². The molecule has 1 aromatic heterocycles. The first-order chi connectivity index (χ1) is 7.16. The Morgan fingerprint density at radius 2 is 2.13 bits per heavy atom. The van der Waals surface area contributed by atoms with Crippen LogP contribution >= 0.6 is 0 Å². The van der Waals surface area contributed by atoms with Crippen LogP contribution in [0.5, 0.6) is 0 Å². The number of nitrogens with two attached hydrogens (primary N) is 1. The van der Waals surface area contributed by atoms with Gasteiger partial charge in [0.25, 0.3) is 0 Å². The maximum absolute atomic E-state index is 5.76. The van der Waals surface area contributed by atoms with Gasteiger partial charge in [-0.25, -0.2) is 0 Å². The lowest BCUT2D eigenvalue weighted by Crippen LogP contribution is -2.14. The minimum atomic E-state index is 0.787. The van der Waals surface area contributed by atoms with Crippen LogP contribution in [0, 0.1) is 0 Å². The van der Waals surface area contributed by atoms with E-state index in [1.165, 1.54) is 5.56 Å². The molecule has 1 heterocycles. The van der Waals surface area contributed by atoms with Gasteiger partial charge in [-0.3, -0.25) is 0 Å². The van der Waals surface area contributed by atoms with Gasteiger partial charge in [0.05, 0.1) is 6.26 Å². The van der Waals surface area contributed by atoms with Crippen LogP contribution in [0.3, 0.4) is 0 Å². The fraction of sp³-hybridized carbons (Fsp3) is 0.333. The predicted octanol–water partition coefficient (Wildman–Crippen LogP) is 2.12. The van der Waals surface area contributed by atoms with Gasteiger partial charge in [0.1, 0.15) is 5.58 Å². The van der Waals surface area contributed by atoms with E-state index in [1.807, 2.05) is 24.5 Å². The van der Waals surface area contributed by atoms with Crippen molar-refractivity contribution in [3.8, 4) is 0 Å². The number of fused-ring (bicyclic) bond motifs is 1. The molecule has 3 heteroatoms. The summed E-state index contributed by atoms with van der Waals surface area (Å²) in [4.78, 5) is 2.16. The average molecular weight is 204 g/mol. The van der Waals surface area contributed by atoms with Crippen molar-refractivity contribution in [2.24, 2.45) is 0 Å². The molecule has 0 amide bonds. The normalized spacial score (nSPS) is 11.4. The Labute approximate surface area is 89.5 Å². The van der Waals surface area contributed by atoms with Crippen LogP contribution < -0.4 is 5.73 Å². The summed E-state index contributed by atoms with van der Waals surface area (Å²) < 4.78 is 5.46. The molecule has 80 valence electrons. The predicted molar refractivity (Wildman–Crippen MR) is 62.9 cm³/mol. The van der Waals surface area contributed by atoms with Crippen LogP contribution in [0.15, 0.2) is 28.9 Å². The lowest BCUT2D eigenvalue weighted by atomic mass is 10.1. The average Bonchev–Trinajstić information content (AvgIpc) is 2.57. The number of furan rings is 1. The highest BCUT2D eigenvalue weighted by molar-refractivity contribution is 5.84. The number of anilines is 1. The van der Waals surface area contributed by atoms with Gasteiger partial charge in [0.2, 0.25) is 0 Å². The molecule has 0 saturated carbocycles. The highest BCUT2D eigenvalue weighted by Gasteiger charge is 2.06. The Kier molecular flexibility index (Phi) is 2.64. The maximum atomic E-state index is 5.76. The lowest BCUT2D eigenvalue weighted by Gasteiger charge is -2.07. The third-order valence-electron chi connectivity index (χ3n) is 2.51. The molecule has 2 rings (SSSR count). The number of benzene rings is 1. The zero-order valence-corrected chi connectivity index (χ0v) is 9.16. The van der Waals surface area contributed by atoms with Crippen molar-refractivity contribution in [2.75, 3.05) is 26.4 Å². The van der Waals surface area contributed by atoms with E-state index in [9.17, 15) is 0 Å². The summed E-state index contributed by atoms with van der Waals surface area (Å²) in [5.41, 5.74) is 8.69. The smallest absolute Gasteiger partial charge is 0.134 e. The first-order valence-corrected chi connectivity index (χ1v) is 5.07. The molecule has 0 fully saturated rings. The number of rotatable bonds is 3. The van der Waals surface area contributed by atoms with Crippen molar-refractivity contribution >= 4 is 16.7 Å². The van der Waals surface area contributed by atoms with Crippen LogP contribution in [-0.4, -0.2) is 25.5 Å². The Bertz CT molecular complexity index is 460. The van der Waals surface area contributed by atoms with Gasteiger partial charge in [0, 0.05) is 17.6 Å². The monoisotopic (exact) mass is 204 g/mol. The first-order valence-electron chi connectivity index (χ1n) is 5.07. The summed E-state index contributed by atoms with van der Waals surface area (Å²) in [5, 5.41) is 1.14. The van der Waals surface area contributed by atoms with Crippen LogP contribution in [0.1, 0.15) is 5.56 Å². The molecule has 0 bridgehead atoms. The fourth-order valence-electron chi connectivity index (χ4n) is 1.64. The molecule has 0 aliphatic heterocycles. The summed E-state index contributed by atoms with van der Waals surface area (Å²) in [7, 11) is 4.13. The number of hydrogen-bond donors (Lipinski definition) is 1. The molecule has 15 heavy (non-hydrogen) atoms. The molecular formula is C12H16N2O. The summed E-state index contributed by atoms with van der Waals surface area (Å²) in [6.07, 6.45) is 2.82. The quantitative estimate of drug-likeness (QED) is 0.779. The van der Waals surface area contributed by atoms with Gasteiger partial charge in [-0.1, -0.05) is 0 Å². The summed E-state index contributed by atoms with van der Waals surface area (Å²) in [5.74, 6) is 0. The van der Waals surface area contributed by atoms with E-state index in [4.69, 9.17) is 10.2 Å². The molecule has 1 aromatic carbocycles. The van der Waals surface area contributed by atoms with Crippen molar-refractivity contribution in [3.05, 3.63) is 30.0 Å². The van der Waals surface area contributed by atoms with E-state index in [0.29, 0.717) is 0 Å². The van der Waals surface area contributed by atoms with Gasteiger partial charge in [-0.05, 0) is 44.3 Å². The first kappa shape index (κ1) is 10.1. The molecule has 0 unspecified atom stereocenters. The highest BCUT2D eigenvalue weighted by atomic mass is 16.3. The van der Waals surface area contributed by atoms with Crippen molar-refractivity contribution in [1.82, 2.24) is 4.90 Å². The molecule has 0 radical (unpaired) electrons. The topological polar surface area (TPSA) is 42.4 Å². The van der Waals surface area contributed by atoms with Crippen LogP contribution in [0.4, 0.5) is 5.69 Å². The van der Waals surface area contributed by atoms with Gasteiger partial charge < -0.3 is 15.1 Å². The Morgan fingerprint density at radius 3 is 2.87 bits per heavy atom. The minimum Gasteiger partial charge on any atom is -0.464 e. The maximum Gasteiger partial charge on any atom is 0.134 e. The molecular weight excluding hydrogens is 188 g/mol. The van der Waals surface area contributed by atoms with Gasteiger partial charge in [0.15, 0.2) is 0 Å². The number of hydrogen-bond acceptors (Lipinski definition) is 3. The van der Waals surface area contributed by atoms with Crippen LogP contribution in [0.25, 0.3) is 11.0 Å². The fourth-order valence-corrected chi connectivity index (χ4v) is 1.64. The van der Waals surface area contributed by atoms with Crippen molar-refractivity contribution < 1.29 is 4.42 Å². The molecule has 2 aromatic rings. The molecule has 0 spiro atoms. The molecule has 0 saturated heterocycles. The zero-order chi connectivity index (χ0) is 10.8. The molecule has 0 aliphatic carbocycles. The van der Waals surface area contributed by atoms with E-state index in [2.05, 4.69) is 19.0 Å². The van der Waals surface area contributed by atoms with E-state index >= 15 is 0 Å². The van der Waals surface area contributed by atoms with E-state index in [1.54, 1.807) is 0 Å². The Hall–Kier alpha value is -1.48. The largest absolute Gasteiger partial charge is 0.464 e. The lowest BCUT2D eigenvalue weighted by molar-refractivity contribution is 0.413. The Morgan fingerprint density at radius 1 is 1.33 bits per heavy atom. The zero-order valence-electron chi connectivity index (χ0n) is 9.16. The number of likely N-dealkylation sites (N-methyl/N-ethyl adjacent to an activating group) is 1. The van der Waals surface area contributed by atoms with Gasteiger partial charge in [-0.15, -0.1) is 0 Å². The second-order valence-corrected chi connectivity index (χ2v) is 4.07. The molecule has 0 aliphatic rings. The molecule has 3 nitrogen and oxygen atoms in total. The number of nitrogens with zero attached hydrogens (tertiary/aromatic N) is 1. The second kappa shape index (κ2) is 3.95. The van der Waals surface area contributed by atoms with Gasteiger partial charge >= 0.3 is 0 Å². The molecule has 2 N–H and O–H groups in total. The van der Waals surface area contributed by atoms with Crippen molar-refractivity contribution in [1.29, 1.82) is 0 Å². The molecule has 0 atom stereocenters. The second-order valence-electron chi connectivity index (χ2n) is 4.07. The third-order valence-corrected chi connectivity index (χ3v) is 2.51. The Balaban J connectivity index is 2.31. The van der Waals surface area contributed by atoms with Crippen molar-refractivity contribution in [3.63, 3.8) is 0 Å². The van der Waals surface area contributed by atoms with E-state index in [-0.39, 0.29) is 0 Å².